The number of hydrogen-bond donors (Lipinski definition) is 2. The smallest absolute Gasteiger partial charge is 0.326 e. The molecule has 0 radical (unpaired) electrons. The number of hydrogen-bond acceptors (Lipinski definition) is 5. The molecular formula is C27H48N2O5. The fourth-order valence-corrected chi connectivity index (χ4v) is 5.67. The molecule has 1 saturated carbocycles. The Morgan fingerprint density at radius 1 is 0.941 bits per heavy atom. The molecule has 0 bridgehead atoms. The highest BCUT2D eigenvalue weighted by Crippen LogP contribution is 2.41. The summed E-state index contributed by atoms with van der Waals surface area (Å²) >= 11 is 0. The van der Waals surface area contributed by atoms with Crippen molar-refractivity contribution < 1.29 is 24.2 Å². The van der Waals surface area contributed by atoms with E-state index in [-0.39, 0.29) is 24.0 Å². The second-order valence-corrected chi connectivity index (χ2v) is 10.2. The number of rotatable bonds is 18. The molecule has 2 rings (SSSR count). The molecule has 2 fully saturated rings. The standard InChI is InChI=1S/C27H48N2O5/c1-3-34-25(30)18-13-11-9-7-5-4-6-8-10-12-14-19-28-21(2)26(31)29-23-17-15-16-22(23)20-24(29)27(32)33/h21-24,28H,3-20H2,1-2H3,(H,32,33)/t21-,22-,23-,24-/m0/s1. The van der Waals surface area contributed by atoms with Crippen LogP contribution in [0.3, 0.4) is 0 Å². The molecule has 7 heteroatoms. The molecule has 0 spiro atoms. The van der Waals surface area contributed by atoms with Crippen molar-refractivity contribution in [3.05, 3.63) is 0 Å². The van der Waals surface area contributed by atoms with Crippen molar-refractivity contribution in [2.45, 2.75) is 135 Å². The van der Waals surface area contributed by atoms with Gasteiger partial charge < -0.3 is 20.1 Å². The Morgan fingerprint density at radius 2 is 1.53 bits per heavy atom. The van der Waals surface area contributed by atoms with Gasteiger partial charge in [0, 0.05) is 12.5 Å². The molecule has 1 aliphatic heterocycles. The Labute approximate surface area is 206 Å². The van der Waals surface area contributed by atoms with Gasteiger partial charge in [0.15, 0.2) is 0 Å². The highest BCUT2D eigenvalue weighted by molar-refractivity contribution is 5.87. The zero-order chi connectivity index (χ0) is 24.8. The summed E-state index contributed by atoms with van der Waals surface area (Å²) in [6.07, 6.45) is 17.3. The number of aliphatic carboxylic acids is 1. The van der Waals surface area contributed by atoms with E-state index in [2.05, 4.69) is 5.32 Å². The Balaban J connectivity index is 1.44. The number of likely N-dealkylation sites (tertiary alicyclic amines) is 1. The molecule has 0 aromatic heterocycles. The van der Waals surface area contributed by atoms with Gasteiger partial charge in [0.25, 0.3) is 0 Å². The molecule has 0 aromatic rings. The van der Waals surface area contributed by atoms with Crippen LogP contribution in [0.25, 0.3) is 0 Å². The molecule has 0 unspecified atom stereocenters. The predicted molar refractivity (Wildman–Crippen MR) is 134 cm³/mol. The average molecular weight is 481 g/mol. The van der Waals surface area contributed by atoms with Crippen LogP contribution < -0.4 is 5.32 Å². The van der Waals surface area contributed by atoms with Gasteiger partial charge in [-0.15, -0.1) is 0 Å². The number of carbonyl (C=O) groups excluding carboxylic acids is 2. The van der Waals surface area contributed by atoms with Gasteiger partial charge in [0.05, 0.1) is 12.6 Å². The number of carboxylic acid groups (broad SMARTS) is 1. The van der Waals surface area contributed by atoms with E-state index >= 15 is 0 Å². The molecule has 196 valence electrons. The summed E-state index contributed by atoms with van der Waals surface area (Å²) in [5.74, 6) is -0.598. The normalized spacial score (nSPS) is 22.5. The molecule has 1 aliphatic carbocycles. The fraction of sp³-hybridized carbons (Fsp3) is 0.889. The van der Waals surface area contributed by atoms with Crippen molar-refractivity contribution in [2.75, 3.05) is 13.2 Å². The Hall–Kier alpha value is -1.63. The van der Waals surface area contributed by atoms with E-state index in [9.17, 15) is 19.5 Å². The first-order valence-electron chi connectivity index (χ1n) is 13.9. The molecule has 1 amide bonds. The van der Waals surface area contributed by atoms with Crippen LogP contribution in [0, 0.1) is 5.92 Å². The van der Waals surface area contributed by atoms with Gasteiger partial charge in [-0.2, -0.15) is 0 Å². The predicted octanol–water partition coefficient (Wildman–Crippen LogP) is 5.06. The molecule has 2 aliphatic rings. The number of esters is 1. The number of fused-ring (bicyclic) bond motifs is 1. The first-order valence-corrected chi connectivity index (χ1v) is 13.9. The van der Waals surface area contributed by atoms with E-state index in [1.807, 2.05) is 13.8 Å². The van der Waals surface area contributed by atoms with Gasteiger partial charge in [0.2, 0.25) is 5.91 Å². The third-order valence-electron chi connectivity index (χ3n) is 7.56. The molecule has 4 atom stereocenters. The topological polar surface area (TPSA) is 95.9 Å². The van der Waals surface area contributed by atoms with Gasteiger partial charge in [-0.05, 0) is 58.4 Å². The number of nitrogens with zero attached hydrogens (tertiary/aromatic N) is 1. The minimum absolute atomic E-state index is 0.0392. The van der Waals surface area contributed by atoms with Crippen molar-refractivity contribution in [1.82, 2.24) is 10.2 Å². The maximum absolute atomic E-state index is 13.0. The van der Waals surface area contributed by atoms with Gasteiger partial charge in [-0.3, -0.25) is 9.59 Å². The maximum atomic E-state index is 13.0. The van der Waals surface area contributed by atoms with Crippen LogP contribution >= 0.6 is 0 Å². The van der Waals surface area contributed by atoms with E-state index < -0.39 is 12.0 Å². The Bertz CT molecular complexity index is 626. The van der Waals surface area contributed by atoms with Crippen LogP contribution in [-0.2, 0) is 19.1 Å². The number of ether oxygens (including phenoxy) is 1. The van der Waals surface area contributed by atoms with E-state index in [1.165, 1.54) is 44.9 Å². The van der Waals surface area contributed by atoms with Crippen LogP contribution in [0.2, 0.25) is 0 Å². The highest BCUT2D eigenvalue weighted by atomic mass is 16.5. The molecule has 7 nitrogen and oxygen atoms in total. The number of carboxylic acids is 1. The first kappa shape index (κ1) is 28.6. The Morgan fingerprint density at radius 3 is 2.12 bits per heavy atom. The van der Waals surface area contributed by atoms with Crippen LogP contribution in [0.5, 0.6) is 0 Å². The monoisotopic (exact) mass is 480 g/mol. The van der Waals surface area contributed by atoms with Crippen molar-refractivity contribution in [2.24, 2.45) is 5.92 Å². The zero-order valence-corrected chi connectivity index (χ0v) is 21.6. The first-order chi connectivity index (χ1) is 16.5. The lowest BCUT2D eigenvalue weighted by atomic mass is 10.0. The molecule has 1 heterocycles. The van der Waals surface area contributed by atoms with Crippen LogP contribution in [0.4, 0.5) is 0 Å². The van der Waals surface area contributed by atoms with Crippen molar-refractivity contribution >= 4 is 17.8 Å². The van der Waals surface area contributed by atoms with E-state index in [0.717, 1.165) is 51.5 Å². The van der Waals surface area contributed by atoms with Gasteiger partial charge in [0.1, 0.15) is 6.04 Å². The summed E-state index contributed by atoms with van der Waals surface area (Å²) < 4.78 is 4.94. The minimum Gasteiger partial charge on any atom is -0.480 e. The largest absolute Gasteiger partial charge is 0.480 e. The second kappa shape index (κ2) is 16.1. The molecular weight excluding hydrogens is 432 g/mol. The lowest BCUT2D eigenvalue weighted by Crippen LogP contribution is -2.52. The Kier molecular flexibility index (Phi) is 13.6. The lowest BCUT2D eigenvalue weighted by Gasteiger charge is -2.30. The summed E-state index contributed by atoms with van der Waals surface area (Å²) in [6.45, 7) is 5.00. The van der Waals surface area contributed by atoms with E-state index in [0.29, 0.717) is 25.4 Å². The van der Waals surface area contributed by atoms with E-state index in [4.69, 9.17) is 4.74 Å². The number of nitrogens with one attached hydrogen (secondary N) is 1. The number of unbranched alkanes of at least 4 members (excludes halogenated alkanes) is 10. The third kappa shape index (κ3) is 9.55. The molecule has 34 heavy (non-hydrogen) atoms. The zero-order valence-electron chi connectivity index (χ0n) is 21.6. The summed E-state index contributed by atoms with van der Waals surface area (Å²) in [5.41, 5.74) is 0. The third-order valence-corrected chi connectivity index (χ3v) is 7.56. The lowest BCUT2D eigenvalue weighted by molar-refractivity contribution is -0.150. The summed E-state index contributed by atoms with van der Waals surface area (Å²) in [6, 6.07) is -0.836. The van der Waals surface area contributed by atoms with Gasteiger partial charge in [-0.25, -0.2) is 4.79 Å². The molecule has 2 N–H and O–H groups in total. The van der Waals surface area contributed by atoms with Crippen molar-refractivity contribution in [1.29, 1.82) is 0 Å². The average Bonchev–Trinajstić information content (AvgIpc) is 3.40. The highest BCUT2D eigenvalue weighted by Gasteiger charge is 2.49. The second-order valence-electron chi connectivity index (χ2n) is 10.2. The number of amides is 1. The summed E-state index contributed by atoms with van der Waals surface area (Å²) in [4.78, 5) is 37.6. The van der Waals surface area contributed by atoms with Crippen molar-refractivity contribution in [3.63, 3.8) is 0 Å². The molecule has 1 saturated heterocycles. The number of carbonyl (C=O) groups is 3. The fourth-order valence-electron chi connectivity index (χ4n) is 5.67. The minimum atomic E-state index is -0.857. The SMILES string of the molecule is CCOC(=O)CCCCCCCCCCCCCN[C@@H](C)C(=O)N1[C@H](C(=O)O)C[C@@H]2CCC[C@@H]21. The molecule has 0 aromatic carbocycles. The summed E-state index contributed by atoms with van der Waals surface area (Å²) in [7, 11) is 0. The van der Waals surface area contributed by atoms with Crippen LogP contribution in [0.15, 0.2) is 0 Å². The van der Waals surface area contributed by atoms with Crippen LogP contribution in [0.1, 0.15) is 117 Å². The van der Waals surface area contributed by atoms with Gasteiger partial charge in [-0.1, -0.05) is 64.2 Å². The summed E-state index contributed by atoms with van der Waals surface area (Å²) in [5, 5.41) is 12.9. The van der Waals surface area contributed by atoms with E-state index in [1.54, 1.807) is 4.90 Å². The van der Waals surface area contributed by atoms with Crippen molar-refractivity contribution in [3.8, 4) is 0 Å². The maximum Gasteiger partial charge on any atom is 0.326 e. The van der Waals surface area contributed by atoms with Crippen LogP contribution in [-0.4, -0.2) is 59.1 Å². The quantitative estimate of drug-likeness (QED) is 0.210. The van der Waals surface area contributed by atoms with Gasteiger partial charge >= 0.3 is 11.9 Å².